The molecule has 0 saturated carbocycles. The van der Waals surface area contributed by atoms with Gasteiger partial charge in [0, 0.05) is 28.8 Å². The van der Waals surface area contributed by atoms with Crippen molar-refractivity contribution in [3.8, 4) is 11.3 Å². The third-order valence-corrected chi connectivity index (χ3v) is 5.32. The Morgan fingerprint density at radius 1 is 1.14 bits per heavy atom. The lowest BCUT2D eigenvalue weighted by atomic mass is 10.1. The summed E-state index contributed by atoms with van der Waals surface area (Å²) in [5, 5.41) is 4.14. The molecule has 1 fully saturated rings. The fourth-order valence-electron chi connectivity index (χ4n) is 3.89. The molecule has 0 spiro atoms. The number of rotatable bonds is 5. The molecule has 6 nitrogen and oxygen atoms in total. The summed E-state index contributed by atoms with van der Waals surface area (Å²) in [4.78, 5) is 32.1. The van der Waals surface area contributed by atoms with E-state index < -0.39 is 6.04 Å². The van der Waals surface area contributed by atoms with E-state index in [2.05, 4.69) is 28.5 Å². The molecule has 6 heteroatoms. The first-order valence-electron chi connectivity index (χ1n) is 9.94. The van der Waals surface area contributed by atoms with Gasteiger partial charge in [0.05, 0.1) is 6.54 Å². The van der Waals surface area contributed by atoms with E-state index in [9.17, 15) is 9.59 Å². The SMILES string of the molecule is CN(C)CC(=O)N1CCCC1C(=O)Nc1ccc(-c2cc3ccccc3[nH]2)cc1. The van der Waals surface area contributed by atoms with Gasteiger partial charge in [-0.2, -0.15) is 0 Å². The minimum atomic E-state index is -0.393. The largest absolute Gasteiger partial charge is 0.355 e. The van der Waals surface area contributed by atoms with E-state index in [0.717, 1.165) is 28.9 Å². The average Bonchev–Trinajstić information content (AvgIpc) is 3.35. The van der Waals surface area contributed by atoms with Gasteiger partial charge in [-0.1, -0.05) is 30.3 Å². The van der Waals surface area contributed by atoms with E-state index >= 15 is 0 Å². The second kappa shape index (κ2) is 8.09. The smallest absolute Gasteiger partial charge is 0.247 e. The summed E-state index contributed by atoms with van der Waals surface area (Å²) in [5.74, 6) is -0.116. The van der Waals surface area contributed by atoms with Crippen LogP contribution in [-0.4, -0.2) is 59.8 Å². The van der Waals surface area contributed by atoms with Gasteiger partial charge >= 0.3 is 0 Å². The van der Waals surface area contributed by atoms with Crippen LogP contribution in [-0.2, 0) is 9.59 Å². The topological polar surface area (TPSA) is 68.4 Å². The van der Waals surface area contributed by atoms with Gasteiger partial charge in [-0.3, -0.25) is 9.59 Å². The van der Waals surface area contributed by atoms with Crippen molar-refractivity contribution in [1.29, 1.82) is 0 Å². The molecule has 2 aromatic carbocycles. The highest BCUT2D eigenvalue weighted by atomic mass is 16.2. The van der Waals surface area contributed by atoms with Gasteiger partial charge in [-0.15, -0.1) is 0 Å². The first-order valence-corrected chi connectivity index (χ1v) is 9.94. The highest BCUT2D eigenvalue weighted by molar-refractivity contribution is 5.98. The zero-order chi connectivity index (χ0) is 20.4. The van der Waals surface area contributed by atoms with Gasteiger partial charge in [0.25, 0.3) is 0 Å². The molecular weight excluding hydrogens is 364 g/mol. The zero-order valence-electron chi connectivity index (χ0n) is 16.8. The molecule has 4 rings (SSSR count). The predicted octanol–water partition coefficient (Wildman–Crippen LogP) is 3.33. The van der Waals surface area contributed by atoms with Crippen LogP contribution in [0.15, 0.2) is 54.6 Å². The van der Waals surface area contributed by atoms with Crippen LogP contribution >= 0.6 is 0 Å². The highest BCUT2D eigenvalue weighted by Crippen LogP contribution is 2.26. The Morgan fingerprint density at radius 3 is 2.62 bits per heavy atom. The number of nitrogens with zero attached hydrogens (tertiary/aromatic N) is 2. The molecule has 2 N–H and O–H groups in total. The van der Waals surface area contributed by atoms with Gasteiger partial charge in [0.2, 0.25) is 11.8 Å². The first-order chi connectivity index (χ1) is 14.0. The maximum atomic E-state index is 12.8. The minimum Gasteiger partial charge on any atom is -0.355 e. The van der Waals surface area contributed by atoms with E-state index in [1.807, 2.05) is 55.4 Å². The molecule has 1 unspecified atom stereocenters. The number of amides is 2. The number of hydrogen-bond acceptors (Lipinski definition) is 3. The molecule has 0 aliphatic carbocycles. The standard InChI is InChI=1S/C23H26N4O2/c1-26(2)15-22(28)27-13-5-8-21(27)23(29)24-18-11-9-16(10-12-18)20-14-17-6-3-4-7-19(17)25-20/h3-4,6-7,9-12,14,21,25H,5,8,13,15H2,1-2H3,(H,24,29). The number of hydrogen-bond donors (Lipinski definition) is 2. The Labute approximate surface area is 170 Å². The van der Waals surface area contributed by atoms with Gasteiger partial charge < -0.3 is 20.1 Å². The monoisotopic (exact) mass is 390 g/mol. The van der Waals surface area contributed by atoms with E-state index in [-0.39, 0.29) is 11.8 Å². The van der Waals surface area contributed by atoms with Crippen LogP contribution in [0.4, 0.5) is 5.69 Å². The second-order valence-electron chi connectivity index (χ2n) is 7.82. The minimum absolute atomic E-state index is 0.00168. The number of benzene rings is 2. The number of para-hydroxylation sites is 1. The lowest BCUT2D eigenvalue weighted by molar-refractivity contribution is -0.137. The summed E-state index contributed by atoms with van der Waals surface area (Å²) >= 11 is 0. The van der Waals surface area contributed by atoms with Crippen molar-refractivity contribution in [3.63, 3.8) is 0 Å². The molecule has 1 atom stereocenters. The Balaban J connectivity index is 1.44. The van der Waals surface area contributed by atoms with Crippen LogP contribution < -0.4 is 5.32 Å². The summed E-state index contributed by atoms with van der Waals surface area (Å²) in [6.07, 6.45) is 1.56. The van der Waals surface area contributed by atoms with Crippen LogP contribution in [0.3, 0.4) is 0 Å². The molecule has 2 heterocycles. The predicted molar refractivity (Wildman–Crippen MR) is 116 cm³/mol. The lowest BCUT2D eigenvalue weighted by Crippen LogP contribution is -2.46. The molecule has 3 aromatic rings. The molecular formula is C23H26N4O2. The van der Waals surface area contributed by atoms with E-state index in [1.54, 1.807) is 4.90 Å². The molecule has 1 aliphatic heterocycles. The Hall–Kier alpha value is -3.12. The normalized spacial score (nSPS) is 16.5. The fraction of sp³-hybridized carbons (Fsp3) is 0.304. The molecule has 0 bridgehead atoms. The van der Waals surface area contributed by atoms with Crippen molar-refractivity contribution < 1.29 is 9.59 Å². The van der Waals surface area contributed by atoms with Crippen LogP contribution in [0.2, 0.25) is 0 Å². The number of anilines is 1. The van der Waals surface area contributed by atoms with Crippen LogP contribution in [0.5, 0.6) is 0 Å². The van der Waals surface area contributed by atoms with E-state index in [4.69, 9.17) is 0 Å². The van der Waals surface area contributed by atoms with E-state index in [1.165, 1.54) is 5.39 Å². The van der Waals surface area contributed by atoms with Gasteiger partial charge in [0.15, 0.2) is 0 Å². The van der Waals surface area contributed by atoms with Crippen molar-refractivity contribution in [3.05, 3.63) is 54.6 Å². The van der Waals surface area contributed by atoms with Gasteiger partial charge in [-0.25, -0.2) is 0 Å². The van der Waals surface area contributed by atoms with Crippen LogP contribution in [0, 0.1) is 0 Å². The average molecular weight is 390 g/mol. The zero-order valence-corrected chi connectivity index (χ0v) is 16.8. The van der Waals surface area contributed by atoms with Crippen molar-refractivity contribution >= 4 is 28.4 Å². The number of carbonyl (C=O) groups is 2. The Morgan fingerprint density at radius 2 is 1.90 bits per heavy atom. The summed E-state index contributed by atoms with van der Waals surface area (Å²) in [6, 6.07) is 17.7. The number of fused-ring (bicyclic) bond motifs is 1. The third kappa shape index (κ3) is 4.17. The number of H-pyrrole nitrogens is 1. The molecule has 150 valence electrons. The molecule has 1 saturated heterocycles. The molecule has 1 aromatic heterocycles. The van der Waals surface area contributed by atoms with Gasteiger partial charge in [-0.05, 0) is 56.8 Å². The fourth-order valence-corrected chi connectivity index (χ4v) is 3.89. The molecule has 1 aliphatic rings. The number of carbonyl (C=O) groups excluding carboxylic acids is 2. The highest BCUT2D eigenvalue weighted by Gasteiger charge is 2.34. The van der Waals surface area contributed by atoms with Crippen LogP contribution in [0.25, 0.3) is 22.2 Å². The van der Waals surface area contributed by atoms with Crippen molar-refractivity contribution in [2.45, 2.75) is 18.9 Å². The van der Waals surface area contributed by atoms with Crippen LogP contribution in [0.1, 0.15) is 12.8 Å². The number of likely N-dealkylation sites (N-methyl/N-ethyl adjacent to an activating group) is 1. The number of aromatic nitrogens is 1. The maximum absolute atomic E-state index is 12.8. The van der Waals surface area contributed by atoms with Gasteiger partial charge in [0.1, 0.15) is 6.04 Å². The molecule has 29 heavy (non-hydrogen) atoms. The Bertz CT molecular complexity index is 990. The quantitative estimate of drug-likeness (QED) is 0.702. The summed E-state index contributed by atoms with van der Waals surface area (Å²) in [5.41, 5.74) is 3.94. The maximum Gasteiger partial charge on any atom is 0.247 e. The summed E-state index contributed by atoms with van der Waals surface area (Å²) in [6.45, 7) is 0.965. The molecule has 0 radical (unpaired) electrons. The van der Waals surface area contributed by atoms with Crippen molar-refractivity contribution in [1.82, 2.24) is 14.8 Å². The van der Waals surface area contributed by atoms with Crippen molar-refractivity contribution in [2.24, 2.45) is 0 Å². The molecule has 2 amide bonds. The third-order valence-electron chi connectivity index (χ3n) is 5.32. The first kappa shape index (κ1) is 19.2. The lowest BCUT2D eigenvalue weighted by Gasteiger charge is -2.25. The summed E-state index contributed by atoms with van der Waals surface area (Å²) < 4.78 is 0. The second-order valence-corrected chi connectivity index (χ2v) is 7.82. The summed E-state index contributed by atoms with van der Waals surface area (Å²) in [7, 11) is 3.72. The van der Waals surface area contributed by atoms with Crippen molar-refractivity contribution in [2.75, 3.05) is 32.5 Å². The number of nitrogens with one attached hydrogen (secondary N) is 2. The number of aromatic amines is 1. The Kier molecular flexibility index (Phi) is 5.36. The number of likely N-dealkylation sites (tertiary alicyclic amines) is 1. The van der Waals surface area contributed by atoms with E-state index in [0.29, 0.717) is 19.5 Å².